The third-order valence-electron chi connectivity index (χ3n) is 11.6. The fourth-order valence-electron chi connectivity index (χ4n) is 8.94. The first-order valence-corrected chi connectivity index (χ1v) is 18.4. The van der Waals surface area contributed by atoms with E-state index in [0.29, 0.717) is 0 Å². The molecule has 9 aromatic carbocycles. The summed E-state index contributed by atoms with van der Waals surface area (Å²) >= 11 is 0. The second-order valence-corrected chi connectivity index (χ2v) is 15.0. The van der Waals surface area contributed by atoms with Crippen LogP contribution >= 0.6 is 0 Å². The number of fused-ring (bicyclic) bond motifs is 9. The van der Waals surface area contributed by atoms with E-state index in [9.17, 15) is 0 Å². The second kappa shape index (κ2) is 11.2. The van der Waals surface area contributed by atoms with Crippen molar-refractivity contribution >= 4 is 71.3 Å². The molecule has 0 unspecified atom stereocenters. The molecular formula is C51H35NO. The maximum absolute atomic E-state index is 6.33. The lowest BCUT2D eigenvalue weighted by Gasteiger charge is -2.30. The number of benzene rings is 9. The van der Waals surface area contributed by atoms with E-state index in [0.717, 1.165) is 39.0 Å². The first-order chi connectivity index (χ1) is 26.0. The fraction of sp³-hybridized carbons (Fsp3) is 0.0588. The first-order valence-electron chi connectivity index (χ1n) is 18.4. The van der Waals surface area contributed by atoms with E-state index in [-0.39, 0.29) is 5.41 Å². The van der Waals surface area contributed by atoms with Crippen molar-refractivity contribution in [2.45, 2.75) is 19.3 Å². The molecule has 0 saturated heterocycles. The average molecular weight is 678 g/mol. The zero-order valence-electron chi connectivity index (χ0n) is 29.6. The molecule has 1 aliphatic carbocycles. The highest BCUT2D eigenvalue weighted by atomic mass is 16.3. The van der Waals surface area contributed by atoms with E-state index in [1.54, 1.807) is 0 Å². The molecule has 0 saturated carbocycles. The van der Waals surface area contributed by atoms with Gasteiger partial charge in [0.25, 0.3) is 0 Å². The van der Waals surface area contributed by atoms with E-state index < -0.39 is 0 Å². The Labute approximate surface area is 308 Å². The summed E-state index contributed by atoms with van der Waals surface area (Å²) in [4.78, 5) is 2.46. The van der Waals surface area contributed by atoms with Gasteiger partial charge in [0.15, 0.2) is 0 Å². The van der Waals surface area contributed by atoms with Crippen LogP contribution in [0.25, 0.3) is 76.5 Å². The normalized spacial score (nSPS) is 13.2. The van der Waals surface area contributed by atoms with Gasteiger partial charge in [-0.25, -0.2) is 0 Å². The van der Waals surface area contributed by atoms with E-state index >= 15 is 0 Å². The van der Waals surface area contributed by atoms with Crippen LogP contribution in [0.3, 0.4) is 0 Å². The molecule has 1 heterocycles. The minimum atomic E-state index is -0.119. The molecule has 0 N–H and O–H groups in total. The minimum absolute atomic E-state index is 0.119. The van der Waals surface area contributed by atoms with Crippen LogP contribution in [-0.4, -0.2) is 0 Å². The van der Waals surface area contributed by atoms with Crippen molar-refractivity contribution in [3.63, 3.8) is 0 Å². The molecule has 10 aromatic rings. The Hall–Kier alpha value is -6.64. The quantitative estimate of drug-likeness (QED) is 0.184. The van der Waals surface area contributed by atoms with Crippen LogP contribution in [0.4, 0.5) is 17.1 Å². The van der Waals surface area contributed by atoms with Crippen molar-refractivity contribution in [2.24, 2.45) is 0 Å². The highest BCUT2D eigenvalue weighted by molar-refractivity contribution is 6.10. The Bertz CT molecular complexity index is 3110. The summed E-state index contributed by atoms with van der Waals surface area (Å²) in [5.74, 6) is 0. The van der Waals surface area contributed by atoms with E-state index in [4.69, 9.17) is 4.42 Å². The molecule has 0 amide bonds. The second-order valence-electron chi connectivity index (χ2n) is 15.0. The standard InChI is InChI=1S/C51H35NO/c1-51(2)45-24-22-38(30-43(45)42-28-35-14-5-6-15-36(35)29-46(42)51)52(39-23-26-49-44(31-39)41-17-9-10-18-48(41)53-49)47-25-21-33-12-7-8-16-40(33)50(47)37-20-19-32-11-3-4-13-34(32)27-37/h3-31H,1-2H3. The summed E-state index contributed by atoms with van der Waals surface area (Å²) in [5, 5.41) is 9.68. The number of hydrogen-bond donors (Lipinski definition) is 0. The Morgan fingerprint density at radius 1 is 0.415 bits per heavy atom. The predicted molar refractivity (Wildman–Crippen MR) is 224 cm³/mol. The maximum Gasteiger partial charge on any atom is 0.135 e. The Morgan fingerprint density at radius 2 is 1.02 bits per heavy atom. The molecule has 250 valence electrons. The lowest BCUT2D eigenvalue weighted by molar-refractivity contribution is 0.661. The smallest absolute Gasteiger partial charge is 0.135 e. The first kappa shape index (κ1) is 30.0. The number of anilines is 3. The monoisotopic (exact) mass is 677 g/mol. The Kier molecular flexibility index (Phi) is 6.33. The predicted octanol–water partition coefficient (Wildman–Crippen LogP) is 14.5. The number of hydrogen-bond acceptors (Lipinski definition) is 2. The van der Waals surface area contributed by atoms with Gasteiger partial charge in [0.2, 0.25) is 0 Å². The SMILES string of the molecule is CC1(C)c2ccc(N(c3ccc4oc5ccccc5c4c3)c3ccc4ccccc4c3-c3ccc4ccccc4c3)cc2-c2cc3ccccc3cc21. The molecule has 0 radical (unpaired) electrons. The van der Waals surface area contributed by atoms with Crippen LogP contribution < -0.4 is 4.90 Å². The van der Waals surface area contributed by atoms with Crippen LogP contribution in [0.15, 0.2) is 180 Å². The van der Waals surface area contributed by atoms with Gasteiger partial charge in [-0.15, -0.1) is 0 Å². The molecule has 1 aromatic heterocycles. The average Bonchev–Trinajstić information content (AvgIpc) is 3.68. The van der Waals surface area contributed by atoms with Crippen molar-refractivity contribution < 1.29 is 4.42 Å². The molecule has 1 aliphatic rings. The molecule has 0 bridgehead atoms. The maximum atomic E-state index is 6.33. The van der Waals surface area contributed by atoms with E-state index in [2.05, 4.69) is 189 Å². The molecule has 53 heavy (non-hydrogen) atoms. The number of rotatable bonds is 4. The van der Waals surface area contributed by atoms with Gasteiger partial charge >= 0.3 is 0 Å². The third kappa shape index (κ3) is 4.52. The van der Waals surface area contributed by atoms with Crippen LogP contribution in [-0.2, 0) is 5.41 Å². The molecular weight excluding hydrogens is 643 g/mol. The van der Waals surface area contributed by atoms with Crippen LogP contribution in [0.2, 0.25) is 0 Å². The number of nitrogens with zero attached hydrogens (tertiary/aromatic N) is 1. The van der Waals surface area contributed by atoms with Gasteiger partial charge in [-0.1, -0.05) is 129 Å². The van der Waals surface area contributed by atoms with Gasteiger partial charge in [0, 0.05) is 33.1 Å². The minimum Gasteiger partial charge on any atom is -0.456 e. The highest BCUT2D eigenvalue weighted by Gasteiger charge is 2.36. The Morgan fingerprint density at radius 3 is 1.85 bits per heavy atom. The Balaban J connectivity index is 1.21. The van der Waals surface area contributed by atoms with Crippen molar-refractivity contribution in [1.29, 1.82) is 0 Å². The van der Waals surface area contributed by atoms with Gasteiger partial charge in [0.1, 0.15) is 11.2 Å². The molecule has 11 rings (SSSR count). The topological polar surface area (TPSA) is 16.4 Å². The van der Waals surface area contributed by atoms with Gasteiger partial charge in [-0.05, 0) is 121 Å². The van der Waals surface area contributed by atoms with E-state index in [1.165, 1.54) is 65.7 Å². The zero-order chi connectivity index (χ0) is 35.3. The van der Waals surface area contributed by atoms with Gasteiger partial charge in [0.05, 0.1) is 5.69 Å². The van der Waals surface area contributed by atoms with Crippen LogP contribution in [0, 0.1) is 0 Å². The molecule has 2 heteroatoms. The van der Waals surface area contributed by atoms with Gasteiger partial charge < -0.3 is 9.32 Å². The molecule has 0 spiro atoms. The van der Waals surface area contributed by atoms with Crippen molar-refractivity contribution in [2.75, 3.05) is 4.90 Å². The lowest BCUT2D eigenvalue weighted by Crippen LogP contribution is -2.15. The summed E-state index contributed by atoms with van der Waals surface area (Å²) in [6, 6.07) is 64.5. The molecule has 0 atom stereocenters. The highest BCUT2D eigenvalue weighted by Crippen LogP contribution is 2.53. The summed E-state index contributed by atoms with van der Waals surface area (Å²) in [7, 11) is 0. The zero-order valence-corrected chi connectivity index (χ0v) is 29.6. The summed E-state index contributed by atoms with van der Waals surface area (Å²) in [6.07, 6.45) is 0. The van der Waals surface area contributed by atoms with Crippen LogP contribution in [0.1, 0.15) is 25.0 Å². The van der Waals surface area contributed by atoms with Crippen molar-refractivity contribution in [3.8, 4) is 22.3 Å². The summed E-state index contributed by atoms with van der Waals surface area (Å²) < 4.78 is 6.33. The van der Waals surface area contributed by atoms with E-state index in [1.807, 2.05) is 6.07 Å². The third-order valence-corrected chi connectivity index (χ3v) is 11.6. The van der Waals surface area contributed by atoms with Crippen molar-refractivity contribution in [3.05, 3.63) is 187 Å². The van der Waals surface area contributed by atoms with Gasteiger partial charge in [-0.3, -0.25) is 0 Å². The summed E-state index contributed by atoms with van der Waals surface area (Å²) in [6.45, 7) is 4.73. The van der Waals surface area contributed by atoms with Gasteiger partial charge in [-0.2, -0.15) is 0 Å². The number of furan rings is 1. The number of para-hydroxylation sites is 1. The van der Waals surface area contributed by atoms with Crippen molar-refractivity contribution in [1.82, 2.24) is 0 Å². The fourth-order valence-corrected chi connectivity index (χ4v) is 8.94. The summed E-state index contributed by atoms with van der Waals surface area (Å²) in [5.41, 5.74) is 12.7. The largest absolute Gasteiger partial charge is 0.456 e. The molecule has 0 aliphatic heterocycles. The van der Waals surface area contributed by atoms with Crippen LogP contribution in [0.5, 0.6) is 0 Å². The lowest BCUT2D eigenvalue weighted by atomic mass is 9.82. The molecule has 0 fully saturated rings. The molecule has 2 nitrogen and oxygen atoms in total.